The number of carbonyl (C=O) groups excluding carboxylic acids is 1. The summed E-state index contributed by atoms with van der Waals surface area (Å²) in [4.78, 5) is 31.8. The van der Waals surface area contributed by atoms with Crippen molar-refractivity contribution in [2.45, 2.75) is 31.2 Å². The van der Waals surface area contributed by atoms with Gasteiger partial charge >= 0.3 is 5.97 Å². The standard InChI is InChI=1S/C17H17N3O3/c21-14(7-6-12-4-1-2-5-13(12)15(22)23)20-17(8-9-17)16-18-10-3-11-19-16/h1-5,10-11H,6-9H2,(H,20,21)(H,22,23). The van der Waals surface area contributed by atoms with Gasteiger partial charge in [0.25, 0.3) is 0 Å². The molecule has 0 bridgehead atoms. The fraction of sp³-hybridized carbons (Fsp3) is 0.294. The Morgan fingerprint density at radius 1 is 1.13 bits per heavy atom. The molecule has 6 nitrogen and oxygen atoms in total. The molecule has 118 valence electrons. The number of hydrogen-bond acceptors (Lipinski definition) is 4. The number of carbonyl (C=O) groups is 2. The Kier molecular flexibility index (Phi) is 4.06. The first-order valence-electron chi connectivity index (χ1n) is 7.50. The molecule has 1 saturated carbocycles. The zero-order valence-electron chi connectivity index (χ0n) is 12.5. The zero-order chi connectivity index (χ0) is 16.3. The summed E-state index contributed by atoms with van der Waals surface area (Å²) >= 11 is 0. The Morgan fingerprint density at radius 2 is 1.83 bits per heavy atom. The molecule has 3 rings (SSSR count). The van der Waals surface area contributed by atoms with Crippen molar-refractivity contribution in [1.29, 1.82) is 0 Å². The number of carboxylic acids is 1. The molecule has 0 spiro atoms. The molecule has 0 aliphatic heterocycles. The molecular formula is C17H17N3O3. The van der Waals surface area contributed by atoms with Crippen LogP contribution in [0.15, 0.2) is 42.7 Å². The average Bonchev–Trinajstić information content (AvgIpc) is 3.34. The van der Waals surface area contributed by atoms with Crippen molar-refractivity contribution in [3.63, 3.8) is 0 Å². The topological polar surface area (TPSA) is 92.2 Å². The number of aromatic nitrogens is 2. The smallest absolute Gasteiger partial charge is 0.335 e. The maximum absolute atomic E-state index is 12.2. The van der Waals surface area contributed by atoms with Gasteiger partial charge < -0.3 is 10.4 Å². The number of nitrogens with zero attached hydrogens (tertiary/aromatic N) is 2. The fourth-order valence-electron chi connectivity index (χ4n) is 2.60. The molecule has 23 heavy (non-hydrogen) atoms. The molecule has 6 heteroatoms. The van der Waals surface area contributed by atoms with Gasteiger partial charge in [0.1, 0.15) is 0 Å². The third-order valence-corrected chi connectivity index (χ3v) is 3.99. The van der Waals surface area contributed by atoms with Crippen molar-refractivity contribution in [2.24, 2.45) is 0 Å². The zero-order valence-corrected chi connectivity index (χ0v) is 12.5. The number of nitrogens with one attached hydrogen (secondary N) is 1. The molecule has 1 fully saturated rings. The van der Waals surface area contributed by atoms with E-state index in [4.69, 9.17) is 5.11 Å². The first-order chi connectivity index (χ1) is 11.1. The van der Waals surface area contributed by atoms with Gasteiger partial charge in [0.15, 0.2) is 5.82 Å². The van der Waals surface area contributed by atoms with Gasteiger partial charge in [0, 0.05) is 18.8 Å². The van der Waals surface area contributed by atoms with Gasteiger partial charge in [0.05, 0.1) is 11.1 Å². The lowest BCUT2D eigenvalue weighted by Gasteiger charge is -2.16. The second-order valence-corrected chi connectivity index (χ2v) is 5.66. The summed E-state index contributed by atoms with van der Waals surface area (Å²) in [6.45, 7) is 0. The lowest BCUT2D eigenvalue weighted by Crippen LogP contribution is -2.36. The van der Waals surface area contributed by atoms with E-state index in [-0.39, 0.29) is 17.9 Å². The van der Waals surface area contributed by atoms with Gasteiger partial charge in [-0.1, -0.05) is 18.2 Å². The Hall–Kier alpha value is -2.76. The van der Waals surface area contributed by atoms with E-state index in [1.807, 2.05) is 0 Å². The average molecular weight is 311 g/mol. The molecule has 1 aliphatic rings. The van der Waals surface area contributed by atoms with Crippen LogP contribution in [0.3, 0.4) is 0 Å². The quantitative estimate of drug-likeness (QED) is 0.850. The van der Waals surface area contributed by atoms with Crippen LogP contribution in [0.25, 0.3) is 0 Å². The highest BCUT2D eigenvalue weighted by atomic mass is 16.4. The summed E-state index contributed by atoms with van der Waals surface area (Å²) in [5.41, 5.74) is 0.466. The molecule has 2 N–H and O–H groups in total. The number of rotatable bonds is 6. The van der Waals surface area contributed by atoms with E-state index in [1.165, 1.54) is 0 Å². The van der Waals surface area contributed by atoms with Crippen molar-refractivity contribution < 1.29 is 14.7 Å². The van der Waals surface area contributed by atoms with Crippen LogP contribution in [0, 0.1) is 0 Å². The molecule has 0 radical (unpaired) electrons. The van der Waals surface area contributed by atoms with Gasteiger partial charge in [-0.05, 0) is 37.0 Å². The molecule has 1 aliphatic carbocycles. The van der Waals surface area contributed by atoms with Crippen LogP contribution in [0.5, 0.6) is 0 Å². The van der Waals surface area contributed by atoms with E-state index in [0.29, 0.717) is 17.8 Å². The normalized spacial score (nSPS) is 15.0. The van der Waals surface area contributed by atoms with E-state index < -0.39 is 11.5 Å². The summed E-state index contributed by atoms with van der Waals surface area (Å²) in [6, 6.07) is 8.49. The minimum Gasteiger partial charge on any atom is -0.478 e. The Bertz CT molecular complexity index is 727. The minimum atomic E-state index is -0.975. The summed E-state index contributed by atoms with van der Waals surface area (Å²) in [5.74, 6) is -0.452. The minimum absolute atomic E-state index is 0.116. The van der Waals surface area contributed by atoms with Crippen LogP contribution in [0.2, 0.25) is 0 Å². The van der Waals surface area contributed by atoms with Gasteiger partial charge in [0.2, 0.25) is 5.91 Å². The van der Waals surface area contributed by atoms with Crippen LogP contribution in [-0.2, 0) is 16.8 Å². The third kappa shape index (κ3) is 3.36. The first kappa shape index (κ1) is 15.1. The first-order valence-corrected chi connectivity index (χ1v) is 7.50. The second-order valence-electron chi connectivity index (χ2n) is 5.66. The molecule has 1 aromatic heterocycles. The predicted octanol–water partition coefficient (Wildman–Crippen LogP) is 1.91. The molecule has 2 aromatic rings. The summed E-state index contributed by atoms with van der Waals surface area (Å²) in [6.07, 6.45) is 5.61. The highest BCUT2D eigenvalue weighted by molar-refractivity contribution is 5.89. The third-order valence-electron chi connectivity index (χ3n) is 3.99. The Balaban J connectivity index is 1.62. The molecule has 0 unspecified atom stereocenters. The lowest BCUT2D eigenvalue weighted by atomic mass is 10.0. The fourth-order valence-corrected chi connectivity index (χ4v) is 2.60. The maximum Gasteiger partial charge on any atom is 0.335 e. The number of aryl methyl sites for hydroxylation is 1. The molecular weight excluding hydrogens is 294 g/mol. The van der Waals surface area contributed by atoms with E-state index >= 15 is 0 Å². The number of hydrogen-bond donors (Lipinski definition) is 2. The molecule has 1 aromatic carbocycles. The van der Waals surface area contributed by atoms with Crippen molar-refractivity contribution in [3.8, 4) is 0 Å². The maximum atomic E-state index is 12.2. The second kappa shape index (κ2) is 6.16. The summed E-state index contributed by atoms with van der Waals surface area (Å²) in [7, 11) is 0. The number of benzene rings is 1. The van der Waals surface area contributed by atoms with Crippen molar-refractivity contribution in [1.82, 2.24) is 15.3 Å². The van der Waals surface area contributed by atoms with Crippen LogP contribution < -0.4 is 5.32 Å². The molecule has 1 amide bonds. The molecule has 0 atom stereocenters. The predicted molar refractivity (Wildman–Crippen MR) is 82.8 cm³/mol. The van der Waals surface area contributed by atoms with Crippen LogP contribution in [0.1, 0.15) is 41.0 Å². The van der Waals surface area contributed by atoms with E-state index in [1.54, 1.807) is 42.7 Å². The Labute approximate surface area is 133 Å². The highest BCUT2D eigenvalue weighted by Gasteiger charge is 2.48. The van der Waals surface area contributed by atoms with Crippen molar-refractivity contribution in [3.05, 3.63) is 59.7 Å². The molecule has 0 saturated heterocycles. The monoisotopic (exact) mass is 311 g/mol. The molecule has 1 heterocycles. The van der Waals surface area contributed by atoms with Crippen LogP contribution in [0.4, 0.5) is 0 Å². The van der Waals surface area contributed by atoms with E-state index in [9.17, 15) is 9.59 Å². The number of aromatic carboxylic acids is 1. The summed E-state index contributed by atoms with van der Waals surface area (Å²) in [5, 5.41) is 12.2. The summed E-state index contributed by atoms with van der Waals surface area (Å²) < 4.78 is 0. The van der Waals surface area contributed by atoms with Gasteiger partial charge in [-0.3, -0.25) is 4.79 Å². The number of carboxylic acid groups (broad SMARTS) is 1. The van der Waals surface area contributed by atoms with Gasteiger partial charge in [-0.2, -0.15) is 0 Å². The number of amides is 1. The van der Waals surface area contributed by atoms with Crippen LogP contribution >= 0.6 is 0 Å². The Morgan fingerprint density at radius 3 is 2.48 bits per heavy atom. The van der Waals surface area contributed by atoms with Crippen LogP contribution in [-0.4, -0.2) is 27.0 Å². The van der Waals surface area contributed by atoms with Gasteiger partial charge in [-0.25, -0.2) is 14.8 Å². The SMILES string of the molecule is O=C(CCc1ccccc1C(=O)O)NC1(c2ncccn2)CC1. The van der Waals surface area contributed by atoms with Crippen molar-refractivity contribution in [2.75, 3.05) is 0 Å². The van der Waals surface area contributed by atoms with E-state index in [0.717, 1.165) is 12.8 Å². The van der Waals surface area contributed by atoms with Gasteiger partial charge in [-0.15, -0.1) is 0 Å². The highest BCUT2D eigenvalue weighted by Crippen LogP contribution is 2.43. The van der Waals surface area contributed by atoms with E-state index in [2.05, 4.69) is 15.3 Å². The van der Waals surface area contributed by atoms with Crippen molar-refractivity contribution >= 4 is 11.9 Å². The largest absolute Gasteiger partial charge is 0.478 e. The lowest BCUT2D eigenvalue weighted by molar-refractivity contribution is -0.122.